The molecule has 120 valence electrons. The Kier molecular flexibility index (Phi) is 4.98. The second-order valence-electron chi connectivity index (χ2n) is 4.93. The summed E-state index contributed by atoms with van der Waals surface area (Å²) in [7, 11) is 0. The van der Waals surface area contributed by atoms with E-state index >= 15 is 0 Å². The van der Waals surface area contributed by atoms with Crippen LogP contribution < -0.4 is 10.6 Å². The lowest BCUT2D eigenvalue weighted by Crippen LogP contribution is -2.14. The summed E-state index contributed by atoms with van der Waals surface area (Å²) in [5.74, 6) is 0.223. The number of halogens is 1. The van der Waals surface area contributed by atoms with Gasteiger partial charge in [-0.3, -0.25) is 9.78 Å². The van der Waals surface area contributed by atoms with Crippen LogP contribution in [0.4, 0.5) is 11.5 Å². The number of aromatic nitrogens is 3. The van der Waals surface area contributed by atoms with E-state index in [-0.39, 0.29) is 11.6 Å². The van der Waals surface area contributed by atoms with Gasteiger partial charge in [0, 0.05) is 16.9 Å². The van der Waals surface area contributed by atoms with Crippen LogP contribution in [0.15, 0.2) is 61.1 Å². The molecule has 7 heteroatoms. The van der Waals surface area contributed by atoms with Gasteiger partial charge < -0.3 is 10.6 Å². The fourth-order valence-corrected chi connectivity index (χ4v) is 2.17. The van der Waals surface area contributed by atoms with Crippen LogP contribution in [-0.4, -0.2) is 20.9 Å². The summed E-state index contributed by atoms with van der Waals surface area (Å²) in [6, 6.07) is 12.6. The maximum absolute atomic E-state index is 12.1. The number of nitrogens with one attached hydrogen (secondary N) is 2. The molecule has 0 fully saturated rings. The van der Waals surface area contributed by atoms with Crippen molar-refractivity contribution in [1.82, 2.24) is 15.0 Å². The quantitative estimate of drug-likeness (QED) is 0.744. The molecule has 2 heterocycles. The van der Waals surface area contributed by atoms with Crippen molar-refractivity contribution in [1.29, 1.82) is 0 Å². The molecule has 0 spiro atoms. The maximum Gasteiger partial charge on any atom is 0.275 e. The molecule has 0 saturated carbocycles. The average molecular weight is 340 g/mol. The fraction of sp³-hybridized carbons (Fsp3) is 0.0588. The van der Waals surface area contributed by atoms with Gasteiger partial charge in [-0.15, -0.1) is 0 Å². The van der Waals surface area contributed by atoms with Crippen molar-refractivity contribution in [3.05, 3.63) is 77.5 Å². The third kappa shape index (κ3) is 4.27. The first-order valence-corrected chi connectivity index (χ1v) is 7.61. The lowest BCUT2D eigenvalue weighted by molar-refractivity contribution is 0.102. The lowest BCUT2D eigenvalue weighted by Gasteiger charge is -2.07. The van der Waals surface area contributed by atoms with Crippen LogP contribution >= 0.6 is 11.6 Å². The Balaban J connectivity index is 1.60. The summed E-state index contributed by atoms with van der Waals surface area (Å²) >= 11 is 5.89. The molecule has 24 heavy (non-hydrogen) atoms. The number of hydrogen-bond acceptors (Lipinski definition) is 5. The molecule has 0 bridgehead atoms. The van der Waals surface area contributed by atoms with Crippen molar-refractivity contribution < 1.29 is 4.79 Å². The van der Waals surface area contributed by atoms with E-state index in [1.807, 2.05) is 18.2 Å². The topological polar surface area (TPSA) is 79.8 Å². The number of rotatable bonds is 5. The molecule has 0 aliphatic rings. The van der Waals surface area contributed by atoms with Gasteiger partial charge in [-0.1, -0.05) is 23.7 Å². The number of nitrogens with zero attached hydrogens (tertiary/aromatic N) is 3. The molecule has 1 aromatic carbocycles. The van der Waals surface area contributed by atoms with Gasteiger partial charge in [0.1, 0.15) is 11.5 Å². The van der Waals surface area contributed by atoms with Crippen LogP contribution in [0.25, 0.3) is 0 Å². The molecular weight excluding hydrogens is 326 g/mol. The molecule has 3 aromatic rings. The third-order valence-corrected chi connectivity index (χ3v) is 3.38. The van der Waals surface area contributed by atoms with Gasteiger partial charge in [-0.25, -0.2) is 9.97 Å². The zero-order valence-electron chi connectivity index (χ0n) is 12.6. The highest BCUT2D eigenvalue weighted by Crippen LogP contribution is 2.15. The van der Waals surface area contributed by atoms with Gasteiger partial charge in [-0.05, 0) is 30.3 Å². The Labute approximate surface area is 143 Å². The van der Waals surface area contributed by atoms with Crippen LogP contribution in [0.2, 0.25) is 5.02 Å². The van der Waals surface area contributed by atoms with Gasteiger partial charge in [0.2, 0.25) is 0 Å². The largest absolute Gasteiger partial charge is 0.363 e. The highest BCUT2D eigenvalue weighted by Gasteiger charge is 2.08. The zero-order chi connectivity index (χ0) is 16.8. The first-order valence-electron chi connectivity index (χ1n) is 7.23. The second kappa shape index (κ2) is 7.52. The zero-order valence-corrected chi connectivity index (χ0v) is 13.4. The number of pyridine rings is 1. The van der Waals surface area contributed by atoms with E-state index < -0.39 is 0 Å². The van der Waals surface area contributed by atoms with Crippen molar-refractivity contribution in [2.75, 3.05) is 10.6 Å². The van der Waals surface area contributed by atoms with Crippen molar-refractivity contribution in [2.24, 2.45) is 0 Å². The van der Waals surface area contributed by atoms with Gasteiger partial charge in [-0.2, -0.15) is 0 Å². The summed E-state index contributed by atoms with van der Waals surface area (Å²) in [4.78, 5) is 24.6. The summed E-state index contributed by atoms with van der Waals surface area (Å²) in [5.41, 5.74) is 1.71. The summed E-state index contributed by atoms with van der Waals surface area (Å²) in [5, 5.41) is 6.37. The number of amides is 1. The SMILES string of the molecule is O=C(Nc1cccc(Cl)c1)c1cnc(NCc2ccccn2)cn1. The molecule has 0 aliphatic heterocycles. The van der Waals surface area contributed by atoms with Crippen LogP contribution in [-0.2, 0) is 6.54 Å². The number of hydrogen-bond donors (Lipinski definition) is 2. The molecule has 2 N–H and O–H groups in total. The highest BCUT2D eigenvalue weighted by molar-refractivity contribution is 6.30. The number of carbonyl (C=O) groups excluding carboxylic acids is 1. The molecule has 0 atom stereocenters. The molecule has 2 aromatic heterocycles. The Hall–Kier alpha value is -2.99. The van der Waals surface area contributed by atoms with Crippen molar-refractivity contribution in [2.45, 2.75) is 6.54 Å². The molecule has 0 saturated heterocycles. The second-order valence-corrected chi connectivity index (χ2v) is 5.36. The van der Waals surface area contributed by atoms with Crippen LogP contribution in [0.1, 0.15) is 16.2 Å². The van der Waals surface area contributed by atoms with Crippen LogP contribution in [0, 0.1) is 0 Å². The standard InChI is InChI=1S/C17H14ClN5O/c18-12-4-3-6-13(8-12)23-17(24)15-10-22-16(11-20-15)21-9-14-5-1-2-7-19-14/h1-8,10-11H,9H2,(H,21,22)(H,23,24). The monoisotopic (exact) mass is 339 g/mol. The van der Waals surface area contributed by atoms with Crippen LogP contribution in [0.5, 0.6) is 0 Å². The summed E-state index contributed by atoms with van der Waals surface area (Å²) in [6.45, 7) is 0.531. The Morgan fingerprint density at radius 3 is 2.67 bits per heavy atom. The van der Waals surface area contributed by atoms with Gasteiger partial charge in [0.05, 0.1) is 24.6 Å². The number of benzene rings is 1. The summed E-state index contributed by atoms with van der Waals surface area (Å²) in [6.07, 6.45) is 4.66. The van der Waals surface area contributed by atoms with Crippen LogP contribution in [0.3, 0.4) is 0 Å². The predicted octanol–water partition coefficient (Wildman–Crippen LogP) is 3.39. The molecule has 0 radical (unpaired) electrons. The first kappa shape index (κ1) is 15.9. The first-order chi connectivity index (χ1) is 11.7. The third-order valence-electron chi connectivity index (χ3n) is 3.14. The molecule has 6 nitrogen and oxygen atoms in total. The normalized spacial score (nSPS) is 10.2. The van der Waals surface area contributed by atoms with Gasteiger partial charge in [0.25, 0.3) is 5.91 Å². The minimum absolute atomic E-state index is 0.221. The number of carbonyl (C=O) groups is 1. The van der Waals surface area contributed by atoms with Crippen molar-refractivity contribution in [3.8, 4) is 0 Å². The van der Waals surface area contributed by atoms with Gasteiger partial charge in [0.15, 0.2) is 0 Å². The van der Waals surface area contributed by atoms with E-state index in [0.29, 0.717) is 23.1 Å². The van der Waals surface area contributed by atoms with E-state index in [1.54, 1.807) is 30.5 Å². The van der Waals surface area contributed by atoms with Gasteiger partial charge >= 0.3 is 0 Å². The predicted molar refractivity (Wildman–Crippen MR) is 93.0 cm³/mol. The molecule has 3 rings (SSSR count). The van der Waals surface area contributed by atoms with E-state index in [1.165, 1.54) is 12.4 Å². The molecule has 1 amide bonds. The highest BCUT2D eigenvalue weighted by atomic mass is 35.5. The minimum Gasteiger partial charge on any atom is -0.363 e. The van der Waals surface area contributed by atoms with E-state index in [2.05, 4.69) is 25.6 Å². The number of anilines is 2. The van der Waals surface area contributed by atoms with E-state index in [4.69, 9.17) is 11.6 Å². The fourth-order valence-electron chi connectivity index (χ4n) is 1.98. The Morgan fingerprint density at radius 2 is 1.96 bits per heavy atom. The smallest absolute Gasteiger partial charge is 0.275 e. The van der Waals surface area contributed by atoms with E-state index in [9.17, 15) is 4.79 Å². The molecular formula is C17H14ClN5O. The van der Waals surface area contributed by atoms with Crippen molar-refractivity contribution >= 4 is 29.0 Å². The molecule has 0 aliphatic carbocycles. The average Bonchev–Trinajstić information content (AvgIpc) is 2.61. The Bertz CT molecular complexity index is 824. The van der Waals surface area contributed by atoms with E-state index in [0.717, 1.165) is 5.69 Å². The summed E-state index contributed by atoms with van der Waals surface area (Å²) < 4.78 is 0. The Morgan fingerprint density at radius 1 is 1.04 bits per heavy atom. The van der Waals surface area contributed by atoms with Crippen molar-refractivity contribution in [3.63, 3.8) is 0 Å². The molecule has 0 unspecified atom stereocenters. The maximum atomic E-state index is 12.1. The minimum atomic E-state index is -0.346. The lowest BCUT2D eigenvalue weighted by atomic mass is 10.3.